The van der Waals surface area contributed by atoms with E-state index in [9.17, 15) is 21.6 Å². The largest absolute Gasteiger partial charge is 0.315 e. The van der Waals surface area contributed by atoms with Crippen LogP contribution in [0.2, 0.25) is 5.15 Å². The third-order valence-electron chi connectivity index (χ3n) is 5.13. The van der Waals surface area contributed by atoms with Gasteiger partial charge in [-0.05, 0) is 49.2 Å². The van der Waals surface area contributed by atoms with E-state index < -0.39 is 19.9 Å². The van der Waals surface area contributed by atoms with E-state index >= 15 is 0 Å². The number of halogens is 1. The van der Waals surface area contributed by atoms with Crippen molar-refractivity contribution in [3.8, 4) is 0 Å². The Labute approximate surface area is 181 Å². The highest BCUT2D eigenvalue weighted by Crippen LogP contribution is 2.28. The lowest BCUT2D eigenvalue weighted by Crippen LogP contribution is -2.43. The molecule has 1 amide bonds. The standard InChI is InChI=1S/C19H22ClN3O5S2/c1-22(15-5-7-16(8-6-15)29(2,25)26)19(24)14-9-12-23(13-10-14)30(27,28)17-4-3-11-21-18(17)20/h3-8,11,14H,9-10,12-13H2,1-2H3. The fraction of sp³-hybridized carbons (Fsp3) is 0.368. The van der Waals surface area contributed by atoms with Gasteiger partial charge in [0.25, 0.3) is 0 Å². The van der Waals surface area contributed by atoms with Crippen LogP contribution in [-0.4, -0.2) is 58.4 Å². The third-order valence-corrected chi connectivity index (χ3v) is 8.60. The summed E-state index contributed by atoms with van der Waals surface area (Å²) in [5, 5.41) is -0.0760. The Balaban J connectivity index is 1.67. The number of pyridine rings is 1. The summed E-state index contributed by atoms with van der Waals surface area (Å²) in [6.45, 7) is 0.398. The number of aromatic nitrogens is 1. The van der Waals surface area contributed by atoms with E-state index in [1.165, 1.54) is 39.7 Å². The number of anilines is 1. The zero-order valence-electron chi connectivity index (χ0n) is 16.5. The molecule has 30 heavy (non-hydrogen) atoms. The fourth-order valence-electron chi connectivity index (χ4n) is 3.36. The van der Waals surface area contributed by atoms with Crippen LogP contribution in [0.4, 0.5) is 5.69 Å². The molecule has 162 valence electrons. The number of hydrogen-bond donors (Lipinski definition) is 0. The second kappa shape index (κ2) is 8.62. The molecule has 0 radical (unpaired) electrons. The van der Waals surface area contributed by atoms with E-state index in [0.717, 1.165) is 6.26 Å². The maximum absolute atomic E-state index is 12.9. The molecule has 1 aliphatic rings. The Morgan fingerprint density at radius 3 is 2.23 bits per heavy atom. The fourth-order valence-corrected chi connectivity index (χ4v) is 5.89. The quantitative estimate of drug-likeness (QED) is 0.619. The van der Waals surface area contributed by atoms with E-state index in [-0.39, 0.29) is 39.9 Å². The molecule has 0 aliphatic carbocycles. The van der Waals surface area contributed by atoms with Gasteiger partial charge in [0.1, 0.15) is 10.0 Å². The average molecular weight is 472 g/mol. The van der Waals surface area contributed by atoms with Gasteiger partial charge in [-0.2, -0.15) is 4.31 Å². The van der Waals surface area contributed by atoms with Crippen LogP contribution in [0.3, 0.4) is 0 Å². The van der Waals surface area contributed by atoms with Gasteiger partial charge in [0, 0.05) is 44.2 Å². The number of sulfonamides is 1. The van der Waals surface area contributed by atoms with Crippen molar-refractivity contribution in [2.24, 2.45) is 5.92 Å². The van der Waals surface area contributed by atoms with Gasteiger partial charge in [0.2, 0.25) is 15.9 Å². The monoisotopic (exact) mass is 471 g/mol. The SMILES string of the molecule is CN(C(=O)C1CCN(S(=O)(=O)c2cccnc2Cl)CC1)c1ccc(S(C)(=O)=O)cc1. The summed E-state index contributed by atoms with van der Waals surface area (Å²) < 4.78 is 50.1. The van der Waals surface area contributed by atoms with Crippen molar-refractivity contribution in [3.05, 3.63) is 47.7 Å². The summed E-state index contributed by atoms with van der Waals surface area (Å²) in [4.78, 5) is 18.3. The minimum atomic E-state index is -3.78. The van der Waals surface area contributed by atoms with Crippen molar-refractivity contribution < 1.29 is 21.6 Å². The number of amides is 1. The number of sulfone groups is 1. The predicted octanol–water partition coefficient (Wildman–Crippen LogP) is 2.20. The van der Waals surface area contributed by atoms with E-state index in [1.54, 1.807) is 19.2 Å². The summed E-state index contributed by atoms with van der Waals surface area (Å²) in [5.74, 6) is -0.473. The van der Waals surface area contributed by atoms with Crippen LogP contribution < -0.4 is 4.90 Å². The Morgan fingerprint density at radius 1 is 1.10 bits per heavy atom. The van der Waals surface area contributed by atoms with Crippen molar-refractivity contribution >= 4 is 43.1 Å². The maximum Gasteiger partial charge on any atom is 0.246 e. The Morgan fingerprint density at radius 2 is 1.70 bits per heavy atom. The molecular weight excluding hydrogens is 450 g/mol. The lowest BCUT2D eigenvalue weighted by Gasteiger charge is -2.32. The van der Waals surface area contributed by atoms with Crippen LogP contribution in [0.15, 0.2) is 52.4 Å². The van der Waals surface area contributed by atoms with Crippen molar-refractivity contribution in [2.75, 3.05) is 31.3 Å². The Kier molecular flexibility index (Phi) is 6.51. The molecule has 2 aromatic rings. The highest BCUT2D eigenvalue weighted by atomic mass is 35.5. The molecule has 1 aliphatic heterocycles. The van der Waals surface area contributed by atoms with Gasteiger partial charge in [0.05, 0.1) is 4.90 Å². The summed E-state index contributed by atoms with van der Waals surface area (Å²) in [6, 6.07) is 9.01. The average Bonchev–Trinajstić information content (AvgIpc) is 2.72. The molecule has 3 rings (SSSR count). The molecule has 2 heterocycles. The first-order chi connectivity index (χ1) is 14.0. The highest BCUT2D eigenvalue weighted by molar-refractivity contribution is 7.90. The molecule has 1 fully saturated rings. The van der Waals surface area contributed by atoms with Crippen LogP contribution in [0.1, 0.15) is 12.8 Å². The number of nitrogens with zero attached hydrogens (tertiary/aromatic N) is 3. The van der Waals surface area contributed by atoms with E-state index in [1.807, 2.05) is 0 Å². The molecule has 0 bridgehead atoms. The first-order valence-electron chi connectivity index (χ1n) is 9.20. The predicted molar refractivity (Wildman–Crippen MR) is 114 cm³/mol. The highest BCUT2D eigenvalue weighted by Gasteiger charge is 2.34. The molecule has 0 unspecified atom stereocenters. The maximum atomic E-state index is 12.9. The third kappa shape index (κ3) is 4.66. The normalized spacial score (nSPS) is 16.4. The van der Waals surface area contributed by atoms with E-state index in [2.05, 4.69) is 4.98 Å². The van der Waals surface area contributed by atoms with Crippen molar-refractivity contribution in [3.63, 3.8) is 0 Å². The number of piperidine rings is 1. The van der Waals surface area contributed by atoms with Gasteiger partial charge in [-0.3, -0.25) is 4.79 Å². The molecular formula is C19H22ClN3O5S2. The summed E-state index contributed by atoms with van der Waals surface area (Å²) >= 11 is 5.94. The lowest BCUT2D eigenvalue weighted by atomic mass is 9.96. The Hall–Kier alpha value is -2.01. The molecule has 8 nitrogen and oxygen atoms in total. The van der Waals surface area contributed by atoms with Crippen LogP contribution >= 0.6 is 11.6 Å². The topological polar surface area (TPSA) is 105 Å². The summed E-state index contributed by atoms with van der Waals surface area (Å²) in [5.41, 5.74) is 0.574. The molecule has 1 aromatic carbocycles. The number of rotatable bonds is 5. The van der Waals surface area contributed by atoms with Crippen LogP contribution in [0, 0.1) is 5.92 Å². The van der Waals surface area contributed by atoms with Crippen molar-refractivity contribution in [1.82, 2.24) is 9.29 Å². The number of benzene rings is 1. The molecule has 0 spiro atoms. The first-order valence-corrected chi connectivity index (χ1v) is 12.9. The second-order valence-electron chi connectivity index (χ2n) is 7.13. The summed E-state index contributed by atoms with van der Waals surface area (Å²) in [6.07, 6.45) is 3.30. The minimum absolute atomic E-state index is 0.0421. The molecule has 0 atom stereocenters. The Bertz CT molecular complexity index is 1140. The van der Waals surface area contributed by atoms with Crippen LogP contribution in [0.25, 0.3) is 0 Å². The number of carbonyl (C=O) groups is 1. The lowest BCUT2D eigenvalue weighted by molar-refractivity contribution is -0.123. The van der Waals surface area contributed by atoms with E-state index in [0.29, 0.717) is 18.5 Å². The molecule has 0 saturated carbocycles. The van der Waals surface area contributed by atoms with Gasteiger partial charge >= 0.3 is 0 Å². The minimum Gasteiger partial charge on any atom is -0.315 e. The molecule has 1 aromatic heterocycles. The van der Waals surface area contributed by atoms with Crippen LogP contribution in [-0.2, 0) is 24.7 Å². The van der Waals surface area contributed by atoms with Gasteiger partial charge in [-0.1, -0.05) is 11.6 Å². The van der Waals surface area contributed by atoms with Gasteiger partial charge in [0.15, 0.2) is 9.84 Å². The van der Waals surface area contributed by atoms with Crippen LogP contribution in [0.5, 0.6) is 0 Å². The van der Waals surface area contributed by atoms with E-state index in [4.69, 9.17) is 11.6 Å². The summed E-state index contributed by atoms with van der Waals surface area (Å²) in [7, 11) is -5.47. The first kappa shape index (κ1) is 22.7. The smallest absolute Gasteiger partial charge is 0.246 e. The van der Waals surface area contributed by atoms with Gasteiger partial charge in [-0.25, -0.2) is 21.8 Å². The van der Waals surface area contributed by atoms with Gasteiger partial charge < -0.3 is 4.90 Å². The van der Waals surface area contributed by atoms with Crippen molar-refractivity contribution in [1.29, 1.82) is 0 Å². The zero-order chi connectivity index (χ0) is 22.1. The molecule has 1 saturated heterocycles. The second-order valence-corrected chi connectivity index (χ2v) is 11.4. The molecule has 11 heteroatoms. The number of carbonyl (C=O) groups excluding carboxylic acids is 1. The number of hydrogen-bond acceptors (Lipinski definition) is 6. The van der Waals surface area contributed by atoms with Crippen molar-refractivity contribution in [2.45, 2.75) is 22.6 Å². The zero-order valence-corrected chi connectivity index (χ0v) is 18.9. The van der Waals surface area contributed by atoms with Gasteiger partial charge in [-0.15, -0.1) is 0 Å². The molecule has 0 N–H and O–H groups in total.